The van der Waals surface area contributed by atoms with Gasteiger partial charge in [-0.2, -0.15) is 0 Å². The van der Waals surface area contributed by atoms with Crippen LogP contribution in [0.25, 0.3) is 11.1 Å². The lowest BCUT2D eigenvalue weighted by Crippen LogP contribution is -1.99. The summed E-state index contributed by atoms with van der Waals surface area (Å²) in [5, 5.41) is 9.17. The molecule has 0 bridgehead atoms. The molecule has 0 aliphatic rings. The van der Waals surface area contributed by atoms with E-state index in [9.17, 15) is 9.90 Å². The van der Waals surface area contributed by atoms with Gasteiger partial charge in [0.1, 0.15) is 0 Å². The fraction of sp³-hybridized carbons (Fsp3) is 0.133. The Labute approximate surface area is 106 Å². The van der Waals surface area contributed by atoms with Crippen LogP contribution in [0, 0.1) is 0 Å². The quantitative estimate of drug-likeness (QED) is 0.895. The maximum atomic E-state index is 11.2. The molecular formula is C15H14O3. The van der Waals surface area contributed by atoms with Crippen LogP contribution >= 0.6 is 0 Å². The lowest BCUT2D eigenvalue weighted by Gasteiger charge is -2.08. The van der Waals surface area contributed by atoms with E-state index in [-0.39, 0.29) is 0 Å². The zero-order valence-electron chi connectivity index (χ0n) is 10.1. The Morgan fingerprint density at radius 2 is 1.94 bits per heavy atom. The van der Waals surface area contributed by atoms with Gasteiger partial charge in [-0.1, -0.05) is 36.4 Å². The molecule has 2 aromatic rings. The van der Waals surface area contributed by atoms with Crippen molar-refractivity contribution in [2.24, 2.45) is 0 Å². The molecule has 0 fully saturated rings. The minimum absolute atomic E-state index is 0.312. The summed E-state index contributed by atoms with van der Waals surface area (Å²) in [6.07, 6.45) is 0. The van der Waals surface area contributed by atoms with Crippen LogP contribution < -0.4 is 0 Å². The Hall–Kier alpha value is -2.13. The standard InChI is InChI=1S/C15H14O3/c1-18-10-11-5-4-6-12(9-11)13-7-2-3-8-14(13)15(16)17/h2-9H,10H2,1H3,(H,16,17). The summed E-state index contributed by atoms with van der Waals surface area (Å²) in [6, 6.07) is 14.7. The predicted molar refractivity (Wildman–Crippen MR) is 69.6 cm³/mol. The summed E-state index contributed by atoms with van der Waals surface area (Å²) in [7, 11) is 1.64. The van der Waals surface area contributed by atoms with Gasteiger partial charge < -0.3 is 9.84 Å². The van der Waals surface area contributed by atoms with Crippen LogP contribution in [0.1, 0.15) is 15.9 Å². The van der Waals surface area contributed by atoms with Gasteiger partial charge in [0.15, 0.2) is 0 Å². The van der Waals surface area contributed by atoms with Crippen molar-refractivity contribution in [2.45, 2.75) is 6.61 Å². The summed E-state index contributed by atoms with van der Waals surface area (Å²) in [5.74, 6) is -0.914. The normalized spacial score (nSPS) is 10.3. The van der Waals surface area contributed by atoms with E-state index < -0.39 is 5.97 Å². The molecule has 0 heterocycles. The minimum atomic E-state index is -0.914. The van der Waals surface area contributed by atoms with Gasteiger partial charge in [0, 0.05) is 7.11 Å². The second-order valence-corrected chi connectivity index (χ2v) is 3.98. The topological polar surface area (TPSA) is 46.5 Å². The zero-order chi connectivity index (χ0) is 13.0. The molecule has 3 heteroatoms. The smallest absolute Gasteiger partial charge is 0.336 e. The number of carboxylic acid groups (broad SMARTS) is 1. The van der Waals surface area contributed by atoms with Crippen LogP contribution in [-0.2, 0) is 11.3 Å². The van der Waals surface area contributed by atoms with E-state index in [2.05, 4.69) is 0 Å². The van der Waals surface area contributed by atoms with Crippen LogP contribution in [0.3, 0.4) is 0 Å². The largest absolute Gasteiger partial charge is 0.478 e. The second kappa shape index (κ2) is 5.47. The fourth-order valence-corrected chi connectivity index (χ4v) is 1.92. The van der Waals surface area contributed by atoms with Crippen molar-refractivity contribution in [3.8, 4) is 11.1 Å². The molecule has 2 aromatic carbocycles. The van der Waals surface area contributed by atoms with Gasteiger partial charge in [0.05, 0.1) is 12.2 Å². The van der Waals surface area contributed by atoms with Crippen LogP contribution in [0.4, 0.5) is 0 Å². The molecule has 0 aromatic heterocycles. The number of carboxylic acids is 1. The van der Waals surface area contributed by atoms with E-state index >= 15 is 0 Å². The highest BCUT2D eigenvalue weighted by molar-refractivity contribution is 5.96. The number of benzene rings is 2. The molecule has 2 rings (SSSR count). The first-order chi connectivity index (χ1) is 8.72. The molecule has 92 valence electrons. The first-order valence-electron chi connectivity index (χ1n) is 5.63. The highest BCUT2D eigenvalue weighted by atomic mass is 16.5. The van der Waals surface area contributed by atoms with E-state index in [1.54, 1.807) is 19.2 Å². The van der Waals surface area contributed by atoms with Gasteiger partial charge in [0.25, 0.3) is 0 Å². The van der Waals surface area contributed by atoms with Crippen LogP contribution in [0.15, 0.2) is 48.5 Å². The first kappa shape index (κ1) is 12.3. The number of aromatic carboxylic acids is 1. The molecule has 0 saturated heterocycles. The van der Waals surface area contributed by atoms with Crippen molar-refractivity contribution in [1.82, 2.24) is 0 Å². The Kier molecular flexibility index (Phi) is 3.75. The number of ether oxygens (including phenoxy) is 1. The van der Waals surface area contributed by atoms with Crippen molar-refractivity contribution in [3.63, 3.8) is 0 Å². The number of hydrogen-bond acceptors (Lipinski definition) is 2. The van der Waals surface area contributed by atoms with Crippen molar-refractivity contribution in [2.75, 3.05) is 7.11 Å². The molecule has 0 unspecified atom stereocenters. The number of hydrogen-bond donors (Lipinski definition) is 1. The minimum Gasteiger partial charge on any atom is -0.478 e. The third-order valence-corrected chi connectivity index (χ3v) is 2.71. The monoisotopic (exact) mass is 242 g/mol. The molecule has 18 heavy (non-hydrogen) atoms. The van der Waals surface area contributed by atoms with Crippen molar-refractivity contribution < 1.29 is 14.6 Å². The molecule has 0 saturated carbocycles. The van der Waals surface area contributed by atoms with Gasteiger partial charge in [-0.25, -0.2) is 4.79 Å². The van der Waals surface area contributed by atoms with Gasteiger partial charge in [-0.15, -0.1) is 0 Å². The van der Waals surface area contributed by atoms with Crippen molar-refractivity contribution >= 4 is 5.97 Å². The number of rotatable bonds is 4. The molecule has 3 nitrogen and oxygen atoms in total. The highest BCUT2D eigenvalue weighted by Gasteiger charge is 2.10. The summed E-state index contributed by atoms with van der Waals surface area (Å²) in [6.45, 7) is 0.517. The molecule has 0 radical (unpaired) electrons. The third kappa shape index (κ3) is 2.57. The lowest BCUT2D eigenvalue weighted by atomic mass is 9.98. The van der Waals surface area contributed by atoms with Crippen LogP contribution in [0.5, 0.6) is 0 Å². The maximum absolute atomic E-state index is 11.2. The summed E-state index contributed by atoms with van der Waals surface area (Å²) >= 11 is 0. The van der Waals surface area contributed by atoms with Crippen LogP contribution in [0.2, 0.25) is 0 Å². The predicted octanol–water partition coefficient (Wildman–Crippen LogP) is 3.20. The Morgan fingerprint density at radius 1 is 1.17 bits per heavy atom. The molecule has 0 aliphatic heterocycles. The number of carbonyl (C=O) groups is 1. The highest BCUT2D eigenvalue weighted by Crippen LogP contribution is 2.24. The van der Waals surface area contributed by atoms with Crippen molar-refractivity contribution in [3.05, 3.63) is 59.7 Å². The molecule has 0 spiro atoms. The zero-order valence-corrected chi connectivity index (χ0v) is 10.1. The molecule has 0 aliphatic carbocycles. The SMILES string of the molecule is COCc1cccc(-c2ccccc2C(=O)O)c1. The van der Waals surface area contributed by atoms with Gasteiger partial charge in [-0.3, -0.25) is 0 Å². The summed E-state index contributed by atoms with van der Waals surface area (Å²) in [4.78, 5) is 11.2. The average Bonchev–Trinajstić information content (AvgIpc) is 2.39. The van der Waals surface area contributed by atoms with E-state index in [1.165, 1.54) is 0 Å². The van der Waals surface area contributed by atoms with Gasteiger partial charge in [0.2, 0.25) is 0 Å². The van der Waals surface area contributed by atoms with E-state index in [0.717, 1.165) is 16.7 Å². The van der Waals surface area contributed by atoms with Crippen molar-refractivity contribution in [1.29, 1.82) is 0 Å². The molecule has 0 atom stereocenters. The second-order valence-electron chi connectivity index (χ2n) is 3.98. The van der Waals surface area contributed by atoms with Crippen LogP contribution in [-0.4, -0.2) is 18.2 Å². The maximum Gasteiger partial charge on any atom is 0.336 e. The third-order valence-electron chi connectivity index (χ3n) is 2.71. The Balaban J connectivity index is 2.48. The van der Waals surface area contributed by atoms with E-state index in [4.69, 9.17) is 4.74 Å². The van der Waals surface area contributed by atoms with Gasteiger partial charge in [-0.05, 0) is 28.8 Å². The number of methoxy groups -OCH3 is 1. The lowest BCUT2D eigenvalue weighted by molar-refractivity contribution is 0.0697. The van der Waals surface area contributed by atoms with E-state index in [0.29, 0.717) is 12.2 Å². The molecule has 0 amide bonds. The summed E-state index contributed by atoms with van der Waals surface area (Å²) in [5.41, 5.74) is 2.95. The Morgan fingerprint density at radius 3 is 2.67 bits per heavy atom. The molecular weight excluding hydrogens is 228 g/mol. The van der Waals surface area contributed by atoms with E-state index in [1.807, 2.05) is 36.4 Å². The Bertz CT molecular complexity index is 561. The summed E-state index contributed by atoms with van der Waals surface area (Å²) < 4.78 is 5.08. The fourth-order valence-electron chi connectivity index (χ4n) is 1.92. The molecule has 1 N–H and O–H groups in total. The first-order valence-corrected chi connectivity index (χ1v) is 5.63. The average molecular weight is 242 g/mol. The van der Waals surface area contributed by atoms with Gasteiger partial charge >= 0.3 is 5.97 Å².